The maximum atomic E-state index is 12.1. The van der Waals surface area contributed by atoms with Gasteiger partial charge in [0.15, 0.2) is 0 Å². The first-order chi connectivity index (χ1) is 7.50. The molecule has 6 nitrogen and oxygen atoms in total. The Balaban J connectivity index is 2.94. The molecule has 0 aliphatic heterocycles. The molecular formula is C9H17N3O3S. The standard InChI is InChI=1S/C9H17N3O3S/c1-8(2)12(4-3-5-13)16(14,15)9-6-10-11-7-9/h6-8,13H,3-5H2,1-2H3,(H,10,11). The largest absolute Gasteiger partial charge is 0.396 e. The molecule has 0 aliphatic rings. The number of rotatable bonds is 6. The molecule has 16 heavy (non-hydrogen) atoms. The van der Waals surface area contributed by atoms with Crippen molar-refractivity contribution in [2.45, 2.75) is 31.2 Å². The van der Waals surface area contributed by atoms with Crippen LogP contribution in [0.1, 0.15) is 20.3 Å². The summed E-state index contributed by atoms with van der Waals surface area (Å²) in [5.74, 6) is 0. The lowest BCUT2D eigenvalue weighted by molar-refractivity contribution is 0.258. The molecule has 92 valence electrons. The summed E-state index contributed by atoms with van der Waals surface area (Å²) in [6, 6.07) is -0.147. The monoisotopic (exact) mass is 247 g/mol. The third kappa shape index (κ3) is 2.81. The summed E-state index contributed by atoms with van der Waals surface area (Å²) in [5.41, 5.74) is 0. The Morgan fingerprint density at radius 1 is 1.56 bits per heavy atom. The first-order valence-electron chi connectivity index (χ1n) is 5.11. The Morgan fingerprint density at radius 2 is 2.25 bits per heavy atom. The van der Waals surface area contributed by atoms with E-state index in [2.05, 4.69) is 10.2 Å². The molecule has 2 N–H and O–H groups in total. The molecule has 1 rings (SSSR count). The van der Waals surface area contributed by atoms with Gasteiger partial charge in [-0.2, -0.15) is 9.40 Å². The van der Waals surface area contributed by atoms with Crippen molar-refractivity contribution in [2.24, 2.45) is 0 Å². The fraction of sp³-hybridized carbons (Fsp3) is 0.667. The summed E-state index contributed by atoms with van der Waals surface area (Å²) in [5, 5.41) is 14.9. The first kappa shape index (κ1) is 13.1. The number of aromatic amines is 1. The Hall–Kier alpha value is -0.920. The van der Waals surface area contributed by atoms with Crippen LogP contribution in [0.5, 0.6) is 0 Å². The fourth-order valence-corrected chi connectivity index (χ4v) is 2.98. The number of aliphatic hydroxyl groups excluding tert-OH is 1. The van der Waals surface area contributed by atoms with E-state index in [1.165, 1.54) is 16.7 Å². The number of nitrogens with one attached hydrogen (secondary N) is 1. The van der Waals surface area contributed by atoms with Gasteiger partial charge in [-0.1, -0.05) is 0 Å². The molecule has 1 heterocycles. The van der Waals surface area contributed by atoms with Gasteiger partial charge in [-0.25, -0.2) is 8.42 Å². The number of nitrogens with zero attached hydrogens (tertiary/aromatic N) is 2. The molecule has 0 fully saturated rings. The van der Waals surface area contributed by atoms with Crippen molar-refractivity contribution in [1.82, 2.24) is 14.5 Å². The minimum Gasteiger partial charge on any atom is -0.396 e. The van der Waals surface area contributed by atoms with Gasteiger partial charge in [-0.15, -0.1) is 0 Å². The second-order valence-electron chi connectivity index (χ2n) is 3.72. The third-order valence-electron chi connectivity index (χ3n) is 2.19. The Bertz CT molecular complexity index is 400. The van der Waals surface area contributed by atoms with E-state index in [1.54, 1.807) is 13.8 Å². The quantitative estimate of drug-likeness (QED) is 0.751. The van der Waals surface area contributed by atoms with Crippen LogP contribution in [0.15, 0.2) is 17.3 Å². The minimum absolute atomic E-state index is 0.0237. The van der Waals surface area contributed by atoms with Gasteiger partial charge in [0, 0.05) is 25.4 Å². The third-order valence-corrected chi connectivity index (χ3v) is 4.23. The molecule has 0 amide bonds. The highest BCUT2D eigenvalue weighted by Gasteiger charge is 2.27. The van der Waals surface area contributed by atoms with Crippen molar-refractivity contribution in [1.29, 1.82) is 0 Å². The average molecular weight is 247 g/mol. The number of aliphatic hydroxyl groups is 1. The maximum absolute atomic E-state index is 12.1. The predicted molar refractivity (Wildman–Crippen MR) is 59.3 cm³/mol. The van der Waals surface area contributed by atoms with E-state index >= 15 is 0 Å². The van der Waals surface area contributed by atoms with E-state index in [1.807, 2.05) is 0 Å². The van der Waals surface area contributed by atoms with Crippen LogP contribution < -0.4 is 0 Å². The Labute approximate surface area is 95.3 Å². The van der Waals surface area contributed by atoms with Crippen molar-refractivity contribution in [2.75, 3.05) is 13.2 Å². The minimum atomic E-state index is -3.50. The SMILES string of the molecule is CC(C)N(CCCO)S(=O)(=O)c1cn[nH]c1. The summed E-state index contributed by atoms with van der Waals surface area (Å²) in [6.45, 7) is 3.88. The van der Waals surface area contributed by atoms with Crippen LogP contribution in [0.3, 0.4) is 0 Å². The topological polar surface area (TPSA) is 86.3 Å². The van der Waals surface area contributed by atoms with Crippen molar-refractivity contribution in [3.8, 4) is 0 Å². The van der Waals surface area contributed by atoms with E-state index in [0.717, 1.165) is 0 Å². The molecule has 1 aromatic heterocycles. The first-order valence-corrected chi connectivity index (χ1v) is 6.55. The molecular weight excluding hydrogens is 230 g/mol. The van der Waals surface area contributed by atoms with Crippen LogP contribution in [0.25, 0.3) is 0 Å². The van der Waals surface area contributed by atoms with Crippen LogP contribution >= 0.6 is 0 Å². The van der Waals surface area contributed by atoms with Crippen LogP contribution in [0, 0.1) is 0 Å². The van der Waals surface area contributed by atoms with Gasteiger partial charge in [0.05, 0.1) is 6.20 Å². The fourth-order valence-electron chi connectivity index (χ4n) is 1.40. The number of aromatic nitrogens is 2. The summed E-state index contributed by atoms with van der Waals surface area (Å²) >= 11 is 0. The Kier molecular flexibility index (Phi) is 4.45. The van der Waals surface area contributed by atoms with Crippen molar-refractivity contribution in [3.05, 3.63) is 12.4 Å². The molecule has 0 aromatic carbocycles. The lowest BCUT2D eigenvalue weighted by Gasteiger charge is -2.24. The lowest BCUT2D eigenvalue weighted by atomic mass is 10.3. The van der Waals surface area contributed by atoms with Gasteiger partial charge in [-0.3, -0.25) is 5.10 Å². The summed E-state index contributed by atoms with van der Waals surface area (Å²) in [7, 11) is -3.50. The molecule has 0 atom stereocenters. The van der Waals surface area contributed by atoms with E-state index in [-0.39, 0.29) is 17.5 Å². The van der Waals surface area contributed by atoms with Crippen molar-refractivity contribution < 1.29 is 13.5 Å². The normalized spacial score (nSPS) is 12.6. The zero-order valence-corrected chi connectivity index (χ0v) is 10.2. The number of sulfonamides is 1. The van der Waals surface area contributed by atoms with E-state index < -0.39 is 10.0 Å². The van der Waals surface area contributed by atoms with Gasteiger partial charge in [0.1, 0.15) is 4.90 Å². The second-order valence-corrected chi connectivity index (χ2v) is 5.61. The predicted octanol–water partition coefficient (Wildman–Crippen LogP) is 0.191. The zero-order valence-electron chi connectivity index (χ0n) is 9.42. The van der Waals surface area contributed by atoms with Crippen molar-refractivity contribution >= 4 is 10.0 Å². The molecule has 0 bridgehead atoms. The zero-order chi connectivity index (χ0) is 12.2. The van der Waals surface area contributed by atoms with Gasteiger partial charge in [0.2, 0.25) is 10.0 Å². The van der Waals surface area contributed by atoms with E-state index in [4.69, 9.17) is 5.11 Å². The molecule has 0 spiro atoms. The van der Waals surface area contributed by atoms with Gasteiger partial charge in [0.25, 0.3) is 0 Å². The molecule has 0 saturated heterocycles. The van der Waals surface area contributed by atoms with Crippen molar-refractivity contribution in [3.63, 3.8) is 0 Å². The van der Waals surface area contributed by atoms with Gasteiger partial charge >= 0.3 is 0 Å². The Morgan fingerprint density at radius 3 is 2.69 bits per heavy atom. The van der Waals surface area contributed by atoms with Crippen LogP contribution in [-0.2, 0) is 10.0 Å². The molecule has 0 aliphatic carbocycles. The van der Waals surface area contributed by atoms with Gasteiger partial charge < -0.3 is 5.11 Å². The van der Waals surface area contributed by atoms with Crippen LogP contribution in [0.4, 0.5) is 0 Å². The number of hydrogen-bond donors (Lipinski definition) is 2. The van der Waals surface area contributed by atoms with Crippen LogP contribution in [-0.4, -0.2) is 47.2 Å². The second kappa shape index (κ2) is 5.42. The summed E-state index contributed by atoms with van der Waals surface area (Å²) < 4.78 is 25.6. The molecule has 0 radical (unpaired) electrons. The molecule has 0 unspecified atom stereocenters. The maximum Gasteiger partial charge on any atom is 0.246 e. The smallest absolute Gasteiger partial charge is 0.246 e. The van der Waals surface area contributed by atoms with E-state index in [0.29, 0.717) is 13.0 Å². The molecule has 1 aromatic rings. The lowest BCUT2D eigenvalue weighted by Crippen LogP contribution is -2.37. The van der Waals surface area contributed by atoms with E-state index in [9.17, 15) is 8.42 Å². The average Bonchev–Trinajstić information content (AvgIpc) is 2.70. The van der Waals surface area contributed by atoms with Crippen LogP contribution in [0.2, 0.25) is 0 Å². The highest BCUT2D eigenvalue weighted by atomic mass is 32.2. The van der Waals surface area contributed by atoms with Gasteiger partial charge in [-0.05, 0) is 20.3 Å². The summed E-state index contributed by atoms with van der Waals surface area (Å²) in [4.78, 5) is 0.152. The highest BCUT2D eigenvalue weighted by Crippen LogP contribution is 2.16. The highest BCUT2D eigenvalue weighted by molar-refractivity contribution is 7.89. The number of H-pyrrole nitrogens is 1. The molecule has 7 heteroatoms. The summed E-state index contributed by atoms with van der Waals surface area (Å²) in [6.07, 6.45) is 3.06. The number of hydrogen-bond acceptors (Lipinski definition) is 4. The molecule has 0 saturated carbocycles.